The molecule has 2 aromatic rings. The highest BCUT2D eigenvalue weighted by Crippen LogP contribution is 2.25. The molecule has 1 aromatic carbocycles. The first kappa shape index (κ1) is 20.4. The number of nitrogens with one attached hydrogen (secondary N) is 2. The van der Waals surface area contributed by atoms with Gasteiger partial charge in [0.1, 0.15) is 0 Å². The van der Waals surface area contributed by atoms with Crippen LogP contribution in [0.3, 0.4) is 0 Å². The van der Waals surface area contributed by atoms with Crippen molar-refractivity contribution >= 4 is 18.0 Å². The molecule has 1 heterocycles. The molecule has 2 rings (SSSR count). The van der Waals surface area contributed by atoms with Crippen LogP contribution < -0.4 is 10.7 Å². The quantitative estimate of drug-likeness (QED) is 0.496. The van der Waals surface area contributed by atoms with Crippen molar-refractivity contribution in [2.75, 3.05) is 0 Å². The van der Waals surface area contributed by atoms with Gasteiger partial charge >= 0.3 is 11.8 Å². The minimum atomic E-state index is -0.787. The minimum Gasteiger partial charge on any atom is -0.343 e. The van der Waals surface area contributed by atoms with E-state index in [0.29, 0.717) is 0 Å². The number of aryl methyl sites for hydroxylation is 3. The van der Waals surface area contributed by atoms with Crippen molar-refractivity contribution < 1.29 is 9.59 Å². The van der Waals surface area contributed by atoms with E-state index in [4.69, 9.17) is 0 Å². The lowest BCUT2D eigenvalue weighted by Crippen LogP contribution is -2.47. The molecule has 6 heteroatoms. The second kappa shape index (κ2) is 7.78. The zero-order chi connectivity index (χ0) is 20.4. The van der Waals surface area contributed by atoms with E-state index in [9.17, 15) is 9.59 Å². The highest BCUT2D eigenvalue weighted by Gasteiger charge is 2.19. The standard InChI is InChI=1S/C21H28N4O2/c1-13-9-8-10-14(2)18(13)25-15(3)11-17(16(25)4)12-22-24-20(27)19(26)23-21(5,6)7/h8-12H,1-7H3,(H,23,26)(H,24,27)/b22-12-. The van der Waals surface area contributed by atoms with Crippen molar-refractivity contribution in [1.29, 1.82) is 0 Å². The summed E-state index contributed by atoms with van der Waals surface area (Å²) in [7, 11) is 0. The molecule has 0 bridgehead atoms. The fraction of sp³-hybridized carbons (Fsp3) is 0.381. The number of amides is 2. The Morgan fingerprint density at radius 3 is 2.19 bits per heavy atom. The van der Waals surface area contributed by atoms with E-state index in [2.05, 4.69) is 46.4 Å². The van der Waals surface area contributed by atoms with Crippen molar-refractivity contribution in [2.24, 2.45) is 5.10 Å². The topological polar surface area (TPSA) is 75.5 Å². The number of benzene rings is 1. The van der Waals surface area contributed by atoms with Crippen molar-refractivity contribution in [1.82, 2.24) is 15.3 Å². The number of carbonyl (C=O) groups excluding carboxylic acids is 2. The number of carbonyl (C=O) groups is 2. The van der Waals surface area contributed by atoms with Crippen molar-refractivity contribution in [3.63, 3.8) is 0 Å². The number of para-hydroxylation sites is 1. The van der Waals surface area contributed by atoms with Gasteiger partial charge in [0.25, 0.3) is 0 Å². The predicted octanol–water partition coefficient (Wildman–Crippen LogP) is 3.08. The Kier molecular flexibility index (Phi) is 5.88. The van der Waals surface area contributed by atoms with E-state index in [1.807, 2.05) is 46.8 Å². The summed E-state index contributed by atoms with van der Waals surface area (Å²) in [6.45, 7) is 13.6. The van der Waals surface area contributed by atoms with Gasteiger partial charge in [-0.2, -0.15) is 5.10 Å². The van der Waals surface area contributed by atoms with Crippen LogP contribution >= 0.6 is 0 Å². The van der Waals surface area contributed by atoms with Crippen molar-refractivity contribution in [3.05, 3.63) is 52.3 Å². The molecule has 0 saturated heterocycles. The largest absolute Gasteiger partial charge is 0.343 e. The Bertz CT molecular complexity index is 881. The van der Waals surface area contributed by atoms with Crippen LogP contribution in [0.4, 0.5) is 0 Å². The first-order valence-corrected chi connectivity index (χ1v) is 8.92. The lowest BCUT2D eigenvalue weighted by molar-refractivity contribution is -0.140. The predicted molar refractivity (Wildman–Crippen MR) is 108 cm³/mol. The molecule has 0 aliphatic carbocycles. The van der Waals surface area contributed by atoms with Crippen LogP contribution in [0.5, 0.6) is 0 Å². The fourth-order valence-electron chi connectivity index (χ4n) is 3.03. The molecule has 2 N–H and O–H groups in total. The van der Waals surface area contributed by atoms with Gasteiger partial charge in [0.05, 0.1) is 11.9 Å². The molecule has 0 fully saturated rings. The van der Waals surface area contributed by atoms with Crippen LogP contribution in [0.15, 0.2) is 29.4 Å². The maximum atomic E-state index is 11.8. The van der Waals surface area contributed by atoms with Crippen molar-refractivity contribution in [2.45, 2.75) is 54.0 Å². The SMILES string of the molecule is Cc1cccc(C)c1-n1c(C)cc(/C=N\NC(=O)C(=O)NC(C)(C)C)c1C. The van der Waals surface area contributed by atoms with E-state index >= 15 is 0 Å². The number of nitrogens with zero attached hydrogens (tertiary/aromatic N) is 2. The van der Waals surface area contributed by atoms with Gasteiger partial charge in [-0.25, -0.2) is 5.43 Å². The number of rotatable bonds is 3. The number of aromatic nitrogens is 1. The maximum Gasteiger partial charge on any atom is 0.329 e. The lowest BCUT2D eigenvalue weighted by atomic mass is 10.1. The van der Waals surface area contributed by atoms with E-state index in [1.165, 1.54) is 11.1 Å². The second-order valence-corrected chi connectivity index (χ2v) is 7.81. The Balaban J connectivity index is 2.21. The molecule has 0 aliphatic rings. The number of hydrazone groups is 1. The molecular formula is C21H28N4O2. The second-order valence-electron chi connectivity index (χ2n) is 7.81. The van der Waals surface area contributed by atoms with Crippen LogP contribution in [0.2, 0.25) is 0 Å². The zero-order valence-corrected chi connectivity index (χ0v) is 17.1. The van der Waals surface area contributed by atoms with Gasteiger partial charge in [-0.1, -0.05) is 18.2 Å². The van der Waals surface area contributed by atoms with Gasteiger partial charge in [-0.05, 0) is 65.7 Å². The molecule has 0 radical (unpaired) electrons. The third-order valence-corrected chi connectivity index (χ3v) is 4.20. The van der Waals surface area contributed by atoms with Crippen LogP contribution in [-0.2, 0) is 9.59 Å². The van der Waals surface area contributed by atoms with E-state index in [0.717, 1.165) is 22.6 Å². The summed E-state index contributed by atoms with van der Waals surface area (Å²) >= 11 is 0. The summed E-state index contributed by atoms with van der Waals surface area (Å²) in [5.74, 6) is -1.50. The van der Waals surface area contributed by atoms with Gasteiger partial charge in [0.2, 0.25) is 0 Å². The van der Waals surface area contributed by atoms with Gasteiger partial charge in [0, 0.05) is 22.5 Å². The fourth-order valence-corrected chi connectivity index (χ4v) is 3.03. The number of hydrogen-bond acceptors (Lipinski definition) is 3. The van der Waals surface area contributed by atoms with Gasteiger partial charge in [0.15, 0.2) is 0 Å². The smallest absolute Gasteiger partial charge is 0.329 e. The minimum absolute atomic E-state index is 0.478. The highest BCUT2D eigenvalue weighted by atomic mass is 16.2. The summed E-state index contributed by atoms with van der Waals surface area (Å²) in [4.78, 5) is 23.6. The number of hydrogen-bond donors (Lipinski definition) is 2. The molecule has 0 spiro atoms. The zero-order valence-electron chi connectivity index (χ0n) is 17.1. The van der Waals surface area contributed by atoms with Crippen LogP contribution in [0, 0.1) is 27.7 Å². The first-order valence-electron chi connectivity index (χ1n) is 8.92. The van der Waals surface area contributed by atoms with E-state index in [-0.39, 0.29) is 0 Å². The molecule has 144 valence electrons. The molecule has 1 aromatic heterocycles. The van der Waals surface area contributed by atoms with Crippen LogP contribution in [-0.4, -0.2) is 28.1 Å². The third kappa shape index (κ3) is 4.84. The molecule has 0 saturated carbocycles. The van der Waals surface area contributed by atoms with Crippen LogP contribution in [0.1, 0.15) is 48.8 Å². The van der Waals surface area contributed by atoms with Gasteiger partial charge in [-0.15, -0.1) is 0 Å². The molecule has 0 aliphatic heterocycles. The average Bonchev–Trinajstić information content (AvgIpc) is 2.81. The highest BCUT2D eigenvalue weighted by molar-refractivity contribution is 6.35. The summed E-state index contributed by atoms with van der Waals surface area (Å²) < 4.78 is 2.18. The Morgan fingerprint density at radius 1 is 1.04 bits per heavy atom. The van der Waals surface area contributed by atoms with Crippen molar-refractivity contribution in [3.8, 4) is 5.69 Å². The normalized spacial score (nSPS) is 11.7. The van der Waals surface area contributed by atoms with Gasteiger partial charge < -0.3 is 9.88 Å². The summed E-state index contributed by atoms with van der Waals surface area (Å²) in [5, 5.41) is 6.54. The van der Waals surface area contributed by atoms with E-state index in [1.54, 1.807) is 6.21 Å². The Labute approximate surface area is 160 Å². The summed E-state index contributed by atoms with van der Waals surface area (Å²) in [5.41, 5.74) is 8.30. The van der Waals surface area contributed by atoms with Gasteiger partial charge in [-0.3, -0.25) is 9.59 Å². The van der Waals surface area contributed by atoms with Crippen LogP contribution in [0.25, 0.3) is 5.69 Å². The molecule has 0 unspecified atom stereocenters. The molecule has 6 nitrogen and oxygen atoms in total. The Hall–Kier alpha value is -2.89. The molecule has 2 amide bonds. The third-order valence-electron chi connectivity index (χ3n) is 4.20. The monoisotopic (exact) mass is 368 g/mol. The molecule has 0 atom stereocenters. The summed E-state index contributed by atoms with van der Waals surface area (Å²) in [6.07, 6.45) is 1.56. The molecule has 27 heavy (non-hydrogen) atoms. The summed E-state index contributed by atoms with van der Waals surface area (Å²) in [6, 6.07) is 8.22. The Morgan fingerprint density at radius 2 is 1.63 bits per heavy atom. The average molecular weight is 368 g/mol. The van der Waals surface area contributed by atoms with E-state index < -0.39 is 17.4 Å². The first-order chi connectivity index (χ1) is 12.5. The molecular weight excluding hydrogens is 340 g/mol. The lowest BCUT2D eigenvalue weighted by Gasteiger charge is -2.19. The maximum absolute atomic E-state index is 11.8.